The van der Waals surface area contributed by atoms with Crippen molar-refractivity contribution < 1.29 is 9.84 Å². The van der Waals surface area contributed by atoms with Crippen molar-refractivity contribution >= 4 is 0 Å². The Kier molecular flexibility index (Phi) is 5.13. The molecule has 4 saturated carbocycles. The van der Waals surface area contributed by atoms with Crippen LogP contribution in [0.15, 0.2) is 0 Å². The Hall–Kier alpha value is -0.590. The first-order valence-corrected chi connectivity index (χ1v) is 11.5. The molecule has 0 radical (unpaired) electrons. The minimum atomic E-state index is -0.290. The Morgan fingerprint density at radius 2 is 1.81 bits per heavy atom. The van der Waals surface area contributed by atoms with Gasteiger partial charge in [0.2, 0.25) is 0 Å². The summed E-state index contributed by atoms with van der Waals surface area (Å²) in [4.78, 5) is 0. The number of hydrogen-bond donors (Lipinski definition) is 1. The Morgan fingerprint density at radius 1 is 1.07 bits per heavy atom. The number of aliphatic hydroxyl groups excluding tert-OH is 1. The first-order valence-electron chi connectivity index (χ1n) is 11.5. The van der Waals surface area contributed by atoms with Crippen LogP contribution in [0.1, 0.15) is 79.1 Å². The van der Waals surface area contributed by atoms with Crippen LogP contribution in [0.25, 0.3) is 0 Å². The fraction of sp³-hybridized carbons (Fsp3) is 0.958. The minimum Gasteiger partial charge on any atom is -0.390 e. The monoisotopic (exact) mass is 373 g/mol. The molecule has 0 spiro atoms. The molecule has 9 atom stereocenters. The van der Waals surface area contributed by atoms with Crippen LogP contribution in [0.2, 0.25) is 0 Å². The lowest BCUT2D eigenvalue weighted by molar-refractivity contribution is -0.173. The second-order valence-electron chi connectivity index (χ2n) is 11.2. The average Bonchev–Trinajstić information content (AvgIpc) is 2.96. The molecule has 0 saturated heterocycles. The third-order valence-electron chi connectivity index (χ3n) is 9.46. The van der Waals surface area contributed by atoms with Crippen molar-refractivity contribution in [1.82, 2.24) is 0 Å². The summed E-state index contributed by atoms with van der Waals surface area (Å²) in [6.07, 6.45) is 9.10. The third kappa shape index (κ3) is 3.06. The Balaban J connectivity index is 1.55. The zero-order valence-corrected chi connectivity index (χ0v) is 17.8. The van der Waals surface area contributed by atoms with Crippen LogP contribution in [0.4, 0.5) is 0 Å². The maximum absolute atomic E-state index is 10.7. The Bertz CT molecular complexity index is 598. The van der Waals surface area contributed by atoms with Gasteiger partial charge in [-0.2, -0.15) is 5.26 Å². The van der Waals surface area contributed by atoms with E-state index in [0.29, 0.717) is 17.3 Å². The molecule has 0 aliphatic heterocycles. The summed E-state index contributed by atoms with van der Waals surface area (Å²) in [6.45, 7) is 10.1. The zero-order chi connectivity index (χ0) is 19.4. The quantitative estimate of drug-likeness (QED) is 0.741. The van der Waals surface area contributed by atoms with Crippen LogP contribution in [-0.2, 0) is 4.74 Å². The number of rotatable bonds is 3. The molecule has 0 unspecified atom stereocenters. The highest BCUT2D eigenvalue weighted by Gasteiger charge is 2.61. The summed E-state index contributed by atoms with van der Waals surface area (Å²) in [5.74, 6) is 3.70. The van der Waals surface area contributed by atoms with Gasteiger partial charge in [-0.05, 0) is 91.8 Å². The standard InChI is InChI=1S/C24H39NO2/c1-15(2)14-27-22-12-24(4)16(11-21(22)26)5-7-18-19-8-6-17(13-25)23(19,3)10-9-20(18)24/h15-22,26H,5-12,14H2,1-4H3/t16-,17+,18-,19-,20-,21-,22-,23+,24-/m0/s1. The summed E-state index contributed by atoms with van der Waals surface area (Å²) < 4.78 is 6.20. The molecule has 152 valence electrons. The largest absolute Gasteiger partial charge is 0.390 e. The van der Waals surface area contributed by atoms with E-state index in [-0.39, 0.29) is 23.5 Å². The van der Waals surface area contributed by atoms with E-state index in [1.54, 1.807) is 0 Å². The smallest absolute Gasteiger partial charge is 0.0839 e. The first kappa shape index (κ1) is 19.7. The van der Waals surface area contributed by atoms with Crippen LogP contribution in [-0.4, -0.2) is 23.9 Å². The van der Waals surface area contributed by atoms with E-state index in [1.807, 2.05) is 0 Å². The minimum absolute atomic E-state index is 0.0103. The van der Waals surface area contributed by atoms with Crippen LogP contribution >= 0.6 is 0 Å². The summed E-state index contributed by atoms with van der Waals surface area (Å²) in [6, 6.07) is 2.65. The molecule has 3 heteroatoms. The van der Waals surface area contributed by atoms with Crippen molar-refractivity contribution in [3.05, 3.63) is 0 Å². The zero-order valence-electron chi connectivity index (χ0n) is 17.8. The highest BCUT2D eigenvalue weighted by atomic mass is 16.5. The lowest BCUT2D eigenvalue weighted by atomic mass is 9.44. The normalized spacial score (nSPS) is 52.0. The van der Waals surface area contributed by atoms with Gasteiger partial charge in [-0.15, -0.1) is 0 Å². The summed E-state index contributed by atoms with van der Waals surface area (Å²) >= 11 is 0. The van der Waals surface area contributed by atoms with Gasteiger partial charge in [0, 0.05) is 6.61 Å². The Labute approximate surface area is 165 Å². The van der Waals surface area contributed by atoms with Crippen LogP contribution in [0.5, 0.6) is 0 Å². The third-order valence-corrected chi connectivity index (χ3v) is 9.46. The molecule has 0 aromatic heterocycles. The fourth-order valence-corrected chi connectivity index (χ4v) is 7.95. The van der Waals surface area contributed by atoms with Gasteiger partial charge in [0.25, 0.3) is 0 Å². The van der Waals surface area contributed by atoms with Gasteiger partial charge in [0.1, 0.15) is 0 Å². The lowest BCUT2D eigenvalue weighted by Crippen LogP contribution is -2.57. The van der Waals surface area contributed by atoms with Gasteiger partial charge in [0.05, 0.1) is 24.2 Å². The molecule has 0 aromatic carbocycles. The van der Waals surface area contributed by atoms with E-state index >= 15 is 0 Å². The van der Waals surface area contributed by atoms with Crippen molar-refractivity contribution in [3.63, 3.8) is 0 Å². The van der Waals surface area contributed by atoms with Gasteiger partial charge < -0.3 is 9.84 Å². The van der Waals surface area contributed by atoms with Crippen LogP contribution in [0, 0.1) is 57.7 Å². The number of fused-ring (bicyclic) bond motifs is 5. The topological polar surface area (TPSA) is 53.2 Å². The van der Waals surface area contributed by atoms with E-state index < -0.39 is 0 Å². The van der Waals surface area contributed by atoms with Gasteiger partial charge in [-0.1, -0.05) is 27.7 Å². The van der Waals surface area contributed by atoms with Crippen molar-refractivity contribution in [1.29, 1.82) is 5.26 Å². The molecule has 4 aliphatic rings. The second-order valence-corrected chi connectivity index (χ2v) is 11.2. The van der Waals surface area contributed by atoms with Crippen molar-refractivity contribution in [2.45, 2.75) is 91.3 Å². The van der Waals surface area contributed by atoms with E-state index in [4.69, 9.17) is 4.74 Å². The molecule has 0 aromatic rings. The summed E-state index contributed by atoms with van der Waals surface area (Å²) in [7, 11) is 0. The first-order chi connectivity index (χ1) is 12.8. The molecule has 0 bridgehead atoms. The number of aliphatic hydroxyl groups is 1. The van der Waals surface area contributed by atoms with Crippen molar-refractivity contribution in [3.8, 4) is 6.07 Å². The predicted octanol–water partition coefficient (Wildman–Crippen LogP) is 5.18. The fourth-order valence-electron chi connectivity index (χ4n) is 7.95. The van der Waals surface area contributed by atoms with Gasteiger partial charge in [-0.3, -0.25) is 0 Å². The average molecular weight is 374 g/mol. The summed E-state index contributed by atoms with van der Waals surface area (Å²) in [5.41, 5.74) is 0.552. The van der Waals surface area contributed by atoms with Gasteiger partial charge in [-0.25, -0.2) is 0 Å². The molecule has 4 aliphatic carbocycles. The summed E-state index contributed by atoms with van der Waals surface area (Å²) in [5, 5.41) is 20.4. The van der Waals surface area contributed by atoms with E-state index in [2.05, 4.69) is 33.8 Å². The van der Waals surface area contributed by atoms with Crippen molar-refractivity contribution in [2.24, 2.45) is 46.3 Å². The molecule has 0 amide bonds. The highest BCUT2D eigenvalue weighted by Crippen LogP contribution is 2.67. The highest BCUT2D eigenvalue weighted by molar-refractivity contribution is 5.13. The molecular weight excluding hydrogens is 334 g/mol. The number of nitriles is 1. The van der Waals surface area contributed by atoms with Gasteiger partial charge in [0.15, 0.2) is 0 Å². The molecule has 1 N–H and O–H groups in total. The van der Waals surface area contributed by atoms with Crippen LogP contribution < -0.4 is 0 Å². The van der Waals surface area contributed by atoms with E-state index in [1.165, 1.54) is 32.1 Å². The number of nitrogens with zero attached hydrogens (tertiary/aromatic N) is 1. The predicted molar refractivity (Wildman–Crippen MR) is 107 cm³/mol. The van der Waals surface area contributed by atoms with E-state index in [9.17, 15) is 10.4 Å². The lowest BCUT2D eigenvalue weighted by Gasteiger charge is -2.61. The van der Waals surface area contributed by atoms with Crippen LogP contribution in [0.3, 0.4) is 0 Å². The second kappa shape index (κ2) is 7.03. The van der Waals surface area contributed by atoms with Crippen molar-refractivity contribution in [2.75, 3.05) is 6.61 Å². The van der Waals surface area contributed by atoms with Gasteiger partial charge >= 0.3 is 0 Å². The van der Waals surface area contributed by atoms with E-state index in [0.717, 1.165) is 43.6 Å². The molecule has 4 fully saturated rings. The number of ether oxygens (including phenoxy) is 1. The SMILES string of the molecule is CC(C)CO[C@H]1C[C@@]2(C)[C@@H](CC[C@@H]3[C@@H]2CC[C@]2(C)[C@@H](C#N)CC[C@@H]32)C[C@@H]1O. The maximum Gasteiger partial charge on any atom is 0.0839 e. The Morgan fingerprint density at radius 3 is 2.52 bits per heavy atom. The molecule has 4 rings (SSSR count). The maximum atomic E-state index is 10.7. The molecule has 0 heterocycles. The number of hydrogen-bond acceptors (Lipinski definition) is 3. The molecular formula is C24H39NO2. The molecule has 3 nitrogen and oxygen atoms in total. The molecule has 27 heavy (non-hydrogen) atoms.